The van der Waals surface area contributed by atoms with Crippen molar-refractivity contribution in [3.63, 3.8) is 0 Å². The lowest BCUT2D eigenvalue weighted by Gasteiger charge is -2.19. The molecular weight excluding hydrogens is 466 g/mol. The number of carboxylic acids is 1. The Balaban J connectivity index is 1.39. The third-order valence-corrected chi connectivity index (χ3v) is 6.73. The monoisotopic (exact) mass is 491 g/mol. The zero-order chi connectivity index (χ0) is 24.2. The van der Waals surface area contributed by atoms with Crippen LogP contribution in [0.1, 0.15) is 32.9 Å². The summed E-state index contributed by atoms with van der Waals surface area (Å²) in [6.07, 6.45) is 10.9. The van der Waals surface area contributed by atoms with Crippen molar-refractivity contribution in [2.24, 2.45) is 0 Å². The number of pyridine rings is 1. The number of anilines is 4. The fraction of sp³-hybridized carbons (Fsp3) is 0.304. The maximum absolute atomic E-state index is 11.4. The fourth-order valence-electron chi connectivity index (χ4n) is 4.02. The van der Waals surface area contributed by atoms with E-state index in [1.54, 1.807) is 19.3 Å². The number of imidazole rings is 1. The molecule has 0 spiro atoms. The molecule has 12 heteroatoms. The standard InChI is InChI=1S/C23H25N9O2S/c1-15-18(21(33)34)35-23(27-15)30-22-28-19(26-7-3-9-31-11-8-25-14-31)17-5-10-32(20(17)29-22)13-16-4-2-6-24-12-16/h2,4,6,8,11-12,14H,3,5,7,9-10,13H2,1H3,(H,33,34)(H2,26,27,28,29,30). The van der Waals surface area contributed by atoms with Gasteiger partial charge in [-0.3, -0.25) is 10.3 Å². The molecule has 0 radical (unpaired) electrons. The van der Waals surface area contributed by atoms with Crippen molar-refractivity contribution in [1.82, 2.24) is 29.5 Å². The number of rotatable bonds is 10. The van der Waals surface area contributed by atoms with E-state index in [4.69, 9.17) is 9.97 Å². The van der Waals surface area contributed by atoms with Gasteiger partial charge in [-0.15, -0.1) is 0 Å². The number of fused-ring (bicyclic) bond motifs is 1. The quantitative estimate of drug-likeness (QED) is 0.284. The van der Waals surface area contributed by atoms with E-state index < -0.39 is 5.97 Å². The number of aromatic nitrogens is 6. The number of nitrogens with one attached hydrogen (secondary N) is 2. The van der Waals surface area contributed by atoms with Crippen LogP contribution in [0.15, 0.2) is 43.2 Å². The lowest BCUT2D eigenvalue weighted by molar-refractivity contribution is 0.0701. The Bertz CT molecular complexity index is 1310. The van der Waals surface area contributed by atoms with Crippen molar-refractivity contribution in [1.29, 1.82) is 0 Å². The second kappa shape index (κ2) is 10.1. The SMILES string of the molecule is Cc1nc(Nc2nc(NCCCn3ccnc3)c3c(n2)N(Cc2cccnc2)CC3)sc1C(=O)O. The summed E-state index contributed by atoms with van der Waals surface area (Å²) in [5.74, 6) is 1.02. The lowest BCUT2D eigenvalue weighted by atomic mass is 10.2. The molecule has 3 N–H and O–H groups in total. The van der Waals surface area contributed by atoms with Crippen LogP contribution in [0.4, 0.5) is 22.7 Å². The average molecular weight is 492 g/mol. The highest BCUT2D eigenvalue weighted by molar-refractivity contribution is 7.17. The third-order valence-electron chi connectivity index (χ3n) is 5.67. The molecule has 0 saturated carbocycles. The van der Waals surface area contributed by atoms with Crippen molar-refractivity contribution in [3.05, 3.63) is 64.9 Å². The van der Waals surface area contributed by atoms with Gasteiger partial charge < -0.3 is 19.9 Å². The van der Waals surface area contributed by atoms with E-state index in [1.165, 1.54) is 0 Å². The number of carboxylic acid groups (broad SMARTS) is 1. The highest BCUT2D eigenvalue weighted by Crippen LogP contribution is 2.34. The molecule has 0 atom stereocenters. The molecule has 1 aliphatic rings. The van der Waals surface area contributed by atoms with Crippen LogP contribution < -0.4 is 15.5 Å². The van der Waals surface area contributed by atoms with Gasteiger partial charge in [0.1, 0.15) is 16.5 Å². The predicted octanol–water partition coefficient (Wildman–Crippen LogP) is 3.34. The molecule has 0 amide bonds. The summed E-state index contributed by atoms with van der Waals surface area (Å²) >= 11 is 1.07. The fourth-order valence-corrected chi connectivity index (χ4v) is 4.81. The number of hydrogen-bond acceptors (Lipinski definition) is 10. The van der Waals surface area contributed by atoms with E-state index in [2.05, 4.69) is 30.5 Å². The van der Waals surface area contributed by atoms with Crippen molar-refractivity contribution >= 4 is 40.0 Å². The van der Waals surface area contributed by atoms with Gasteiger partial charge in [-0.2, -0.15) is 9.97 Å². The van der Waals surface area contributed by atoms with Crippen LogP contribution in [0, 0.1) is 6.92 Å². The van der Waals surface area contributed by atoms with Crippen molar-refractivity contribution in [2.45, 2.75) is 32.9 Å². The summed E-state index contributed by atoms with van der Waals surface area (Å²) in [7, 11) is 0. The summed E-state index contributed by atoms with van der Waals surface area (Å²) < 4.78 is 2.04. The molecular formula is C23H25N9O2S. The first-order valence-electron chi connectivity index (χ1n) is 11.3. The number of hydrogen-bond donors (Lipinski definition) is 3. The Morgan fingerprint density at radius 3 is 2.89 bits per heavy atom. The van der Waals surface area contributed by atoms with Crippen LogP contribution in [0.25, 0.3) is 0 Å². The smallest absolute Gasteiger partial charge is 0.347 e. The Morgan fingerprint density at radius 1 is 1.23 bits per heavy atom. The molecule has 5 rings (SSSR count). The van der Waals surface area contributed by atoms with Crippen LogP contribution in [-0.4, -0.2) is 53.7 Å². The van der Waals surface area contributed by atoms with Gasteiger partial charge in [0.05, 0.1) is 12.0 Å². The van der Waals surface area contributed by atoms with Crippen LogP contribution in [-0.2, 0) is 19.5 Å². The van der Waals surface area contributed by atoms with Crippen LogP contribution in [0.2, 0.25) is 0 Å². The lowest BCUT2D eigenvalue weighted by Crippen LogP contribution is -2.21. The molecule has 0 saturated heterocycles. The van der Waals surface area contributed by atoms with Gasteiger partial charge in [0.15, 0.2) is 5.13 Å². The van der Waals surface area contributed by atoms with E-state index in [9.17, 15) is 9.90 Å². The molecule has 4 aromatic rings. The number of aryl methyl sites for hydroxylation is 2. The largest absolute Gasteiger partial charge is 0.477 e. The summed E-state index contributed by atoms with van der Waals surface area (Å²) in [5.41, 5.74) is 2.63. The minimum absolute atomic E-state index is 0.199. The van der Waals surface area contributed by atoms with Gasteiger partial charge in [0.25, 0.3) is 0 Å². The van der Waals surface area contributed by atoms with E-state index in [-0.39, 0.29) is 4.88 Å². The van der Waals surface area contributed by atoms with Gasteiger partial charge >= 0.3 is 5.97 Å². The Labute approximate surface area is 205 Å². The highest BCUT2D eigenvalue weighted by Gasteiger charge is 2.26. The van der Waals surface area contributed by atoms with Gasteiger partial charge in [0, 0.05) is 56.5 Å². The second-order valence-electron chi connectivity index (χ2n) is 8.18. The molecule has 35 heavy (non-hydrogen) atoms. The summed E-state index contributed by atoms with van der Waals surface area (Å²) in [4.78, 5) is 36.0. The first kappa shape index (κ1) is 22.7. The van der Waals surface area contributed by atoms with E-state index in [0.29, 0.717) is 23.3 Å². The van der Waals surface area contributed by atoms with Crippen LogP contribution in [0.3, 0.4) is 0 Å². The normalized spacial score (nSPS) is 12.5. The maximum atomic E-state index is 11.4. The van der Waals surface area contributed by atoms with Crippen molar-refractivity contribution in [3.8, 4) is 0 Å². The van der Waals surface area contributed by atoms with E-state index in [1.807, 2.05) is 35.4 Å². The first-order valence-corrected chi connectivity index (χ1v) is 12.1. The molecule has 11 nitrogen and oxygen atoms in total. The van der Waals surface area contributed by atoms with E-state index in [0.717, 1.165) is 66.6 Å². The van der Waals surface area contributed by atoms with Gasteiger partial charge in [-0.05, 0) is 31.4 Å². The Morgan fingerprint density at radius 2 is 2.14 bits per heavy atom. The highest BCUT2D eigenvalue weighted by atomic mass is 32.1. The zero-order valence-electron chi connectivity index (χ0n) is 19.2. The number of carbonyl (C=O) groups is 1. The maximum Gasteiger partial charge on any atom is 0.347 e. The van der Waals surface area contributed by atoms with Crippen LogP contribution >= 0.6 is 11.3 Å². The van der Waals surface area contributed by atoms with E-state index >= 15 is 0 Å². The topological polar surface area (TPSA) is 134 Å². The van der Waals surface area contributed by atoms with Gasteiger partial charge in [-0.1, -0.05) is 17.4 Å². The molecule has 4 aromatic heterocycles. The molecule has 0 fully saturated rings. The minimum Gasteiger partial charge on any atom is -0.477 e. The summed E-state index contributed by atoms with van der Waals surface area (Å²) in [5, 5.41) is 16.4. The number of aromatic carboxylic acids is 1. The molecule has 0 aromatic carbocycles. The minimum atomic E-state index is -0.995. The molecule has 1 aliphatic heterocycles. The Hall–Kier alpha value is -4.06. The summed E-state index contributed by atoms with van der Waals surface area (Å²) in [6.45, 7) is 4.79. The Kier molecular flexibility index (Phi) is 6.53. The third kappa shape index (κ3) is 5.22. The zero-order valence-corrected chi connectivity index (χ0v) is 20.0. The number of nitrogens with zero attached hydrogens (tertiary/aromatic N) is 7. The van der Waals surface area contributed by atoms with Crippen molar-refractivity contribution < 1.29 is 9.90 Å². The van der Waals surface area contributed by atoms with Gasteiger partial charge in [-0.25, -0.2) is 14.8 Å². The molecule has 5 heterocycles. The molecule has 0 aliphatic carbocycles. The summed E-state index contributed by atoms with van der Waals surface area (Å²) in [6, 6.07) is 3.98. The second-order valence-corrected chi connectivity index (χ2v) is 9.17. The van der Waals surface area contributed by atoms with Crippen molar-refractivity contribution in [2.75, 3.05) is 28.6 Å². The average Bonchev–Trinajstić information content (AvgIpc) is 3.59. The number of thiazole rings is 1. The molecule has 180 valence electrons. The first-order chi connectivity index (χ1) is 17.1. The van der Waals surface area contributed by atoms with Crippen LogP contribution in [0.5, 0.6) is 0 Å². The molecule has 0 unspecified atom stereocenters. The predicted molar refractivity (Wildman–Crippen MR) is 133 cm³/mol. The van der Waals surface area contributed by atoms with Gasteiger partial charge in [0.2, 0.25) is 5.95 Å². The molecule has 0 bridgehead atoms.